The largest absolute Gasteiger partial charge is 0.573 e. The molecule has 0 amide bonds. The molecule has 0 aliphatic carbocycles. The zero-order chi connectivity index (χ0) is 21.3. The Labute approximate surface area is 166 Å². The molecule has 0 spiro atoms. The molecular formula is C19H13F4N3O4. The predicted molar refractivity (Wildman–Crippen MR) is 94.1 cm³/mol. The van der Waals surface area contributed by atoms with Crippen LogP contribution in [0.15, 0.2) is 52.0 Å². The number of nitrogens with zero attached hydrogens (tertiary/aromatic N) is 3. The van der Waals surface area contributed by atoms with E-state index in [2.05, 4.69) is 20.1 Å². The van der Waals surface area contributed by atoms with Crippen molar-refractivity contribution in [3.8, 4) is 23.0 Å². The third-order valence-corrected chi connectivity index (χ3v) is 4.01. The molecule has 1 aliphatic heterocycles. The standard InChI is InChI=1S/C19H13F4N3O4/c1-10-24-25-18(27-10)12-6-13(20)8-15(7-12)28-17-9-16(30-26-17)11-2-4-14(5-3-11)29-19(21,22)23/h2-8,16H,9H2,1H3/t16-/m1/s1. The molecular weight excluding hydrogens is 410 g/mol. The Morgan fingerprint density at radius 2 is 1.80 bits per heavy atom. The van der Waals surface area contributed by atoms with Gasteiger partial charge in [0, 0.05) is 18.6 Å². The van der Waals surface area contributed by atoms with Gasteiger partial charge in [0.1, 0.15) is 17.3 Å². The number of ether oxygens (including phenoxy) is 2. The summed E-state index contributed by atoms with van der Waals surface area (Å²) in [7, 11) is 0. The Kier molecular flexibility index (Phi) is 5.02. The molecule has 0 N–H and O–H groups in total. The minimum atomic E-state index is -4.76. The molecule has 1 atom stereocenters. The number of halogens is 4. The van der Waals surface area contributed by atoms with Crippen LogP contribution in [-0.4, -0.2) is 22.5 Å². The van der Waals surface area contributed by atoms with Crippen LogP contribution in [0.3, 0.4) is 0 Å². The highest BCUT2D eigenvalue weighted by Gasteiger charge is 2.31. The number of rotatable bonds is 4. The van der Waals surface area contributed by atoms with Crippen LogP contribution in [0.5, 0.6) is 11.5 Å². The fourth-order valence-corrected chi connectivity index (χ4v) is 2.77. The molecule has 0 saturated carbocycles. The number of aryl methyl sites for hydroxylation is 1. The Bertz CT molecular complexity index is 1080. The first-order chi connectivity index (χ1) is 14.2. The van der Waals surface area contributed by atoms with E-state index >= 15 is 0 Å². The van der Waals surface area contributed by atoms with Gasteiger partial charge in [-0.15, -0.1) is 23.4 Å². The van der Waals surface area contributed by atoms with E-state index in [9.17, 15) is 17.6 Å². The monoisotopic (exact) mass is 423 g/mol. The minimum Gasteiger partial charge on any atom is -0.439 e. The van der Waals surface area contributed by atoms with Crippen LogP contribution < -0.4 is 9.47 Å². The van der Waals surface area contributed by atoms with Gasteiger partial charge in [0.15, 0.2) is 6.10 Å². The first-order valence-electron chi connectivity index (χ1n) is 8.62. The molecule has 7 nitrogen and oxygen atoms in total. The van der Waals surface area contributed by atoms with Gasteiger partial charge in [-0.3, -0.25) is 0 Å². The fraction of sp³-hybridized carbons (Fsp3) is 0.211. The second-order valence-corrected chi connectivity index (χ2v) is 6.30. The smallest absolute Gasteiger partial charge is 0.439 e. The van der Waals surface area contributed by atoms with Crippen LogP contribution in [0.25, 0.3) is 11.5 Å². The lowest BCUT2D eigenvalue weighted by molar-refractivity contribution is -0.274. The lowest BCUT2D eigenvalue weighted by Crippen LogP contribution is -2.17. The molecule has 0 saturated heterocycles. The summed E-state index contributed by atoms with van der Waals surface area (Å²) < 4.78 is 65.4. The maximum Gasteiger partial charge on any atom is 0.573 e. The van der Waals surface area contributed by atoms with Gasteiger partial charge in [-0.25, -0.2) is 4.39 Å². The number of hydrogen-bond acceptors (Lipinski definition) is 7. The van der Waals surface area contributed by atoms with Crippen LogP contribution >= 0.6 is 0 Å². The van der Waals surface area contributed by atoms with Gasteiger partial charge in [-0.05, 0) is 29.8 Å². The highest BCUT2D eigenvalue weighted by atomic mass is 19.4. The van der Waals surface area contributed by atoms with E-state index in [1.165, 1.54) is 36.4 Å². The van der Waals surface area contributed by atoms with Gasteiger partial charge in [0.2, 0.25) is 17.7 Å². The Morgan fingerprint density at radius 3 is 2.47 bits per heavy atom. The van der Waals surface area contributed by atoms with Gasteiger partial charge in [0.05, 0.1) is 6.42 Å². The van der Waals surface area contributed by atoms with Crippen molar-refractivity contribution in [1.29, 1.82) is 0 Å². The van der Waals surface area contributed by atoms with Crippen molar-refractivity contribution in [3.05, 3.63) is 59.7 Å². The van der Waals surface area contributed by atoms with Gasteiger partial charge < -0.3 is 18.7 Å². The lowest BCUT2D eigenvalue weighted by atomic mass is 10.1. The summed E-state index contributed by atoms with van der Waals surface area (Å²) in [4.78, 5) is 5.28. The summed E-state index contributed by atoms with van der Waals surface area (Å²) in [6.45, 7) is 1.61. The number of oxime groups is 1. The molecule has 156 valence electrons. The summed E-state index contributed by atoms with van der Waals surface area (Å²) >= 11 is 0. The van der Waals surface area contributed by atoms with Gasteiger partial charge in [-0.2, -0.15) is 0 Å². The quantitative estimate of drug-likeness (QED) is 0.554. The van der Waals surface area contributed by atoms with Crippen molar-refractivity contribution in [2.75, 3.05) is 0 Å². The fourth-order valence-electron chi connectivity index (χ4n) is 2.77. The van der Waals surface area contributed by atoms with E-state index in [1.54, 1.807) is 6.92 Å². The highest BCUT2D eigenvalue weighted by Crippen LogP contribution is 2.32. The molecule has 1 aliphatic rings. The first-order valence-corrected chi connectivity index (χ1v) is 8.62. The normalized spacial score (nSPS) is 16.2. The van der Waals surface area contributed by atoms with E-state index in [-0.39, 0.29) is 29.7 Å². The molecule has 0 bridgehead atoms. The van der Waals surface area contributed by atoms with Crippen LogP contribution in [-0.2, 0) is 4.84 Å². The number of benzene rings is 2. The molecule has 4 rings (SSSR count). The van der Waals surface area contributed by atoms with Gasteiger partial charge >= 0.3 is 6.36 Å². The van der Waals surface area contributed by atoms with Crippen molar-refractivity contribution in [3.63, 3.8) is 0 Å². The molecule has 3 aromatic rings. The molecule has 0 fully saturated rings. The lowest BCUT2D eigenvalue weighted by Gasteiger charge is -2.11. The average Bonchev–Trinajstić information content (AvgIpc) is 3.30. The van der Waals surface area contributed by atoms with Crippen molar-refractivity contribution in [1.82, 2.24) is 10.2 Å². The van der Waals surface area contributed by atoms with Crippen molar-refractivity contribution < 1.29 is 36.3 Å². The van der Waals surface area contributed by atoms with Crippen LogP contribution in [0.1, 0.15) is 24.0 Å². The summed E-state index contributed by atoms with van der Waals surface area (Å²) in [5.74, 6) is -0.119. The van der Waals surface area contributed by atoms with E-state index in [1.807, 2.05) is 0 Å². The van der Waals surface area contributed by atoms with Crippen molar-refractivity contribution in [2.24, 2.45) is 5.16 Å². The predicted octanol–water partition coefficient (Wildman–Crippen LogP) is 4.94. The van der Waals surface area contributed by atoms with Gasteiger partial charge in [0.25, 0.3) is 0 Å². The summed E-state index contributed by atoms with van der Waals surface area (Å²) in [5.41, 5.74) is 0.912. The summed E-state index contributed by atoms with van der Waals surface area (Å²) in [5, 5.41) is 11.4. The van der Waals surface area contributed by atoms with Crippen LogP contribution in [0.2, 0.25) is 0 Å². The van der Waals surface area contributed by atoms with Crippen LogP contribution in [0.4, 0.5) is 17.6 Å². The highest BCUT2D eigenvalue weighted by molar-refractivity contribution is 5.80. The Balaban J connectivity index is 1.42. The molecule has 30 heavy (non-hydrogen) atoms. The van der Waals surface area contributed by atoms with Crippen LogP contribution in [0, 0.1) is 12.7 Å². The number of alkyl halides is 3. The van der Waals surface area contributed by atoms with E-state index < -0.39 is 18.3 Å². The average molecular weight is 423 g/mol. The molecule has 0 radical (unpaired) electrons. The van der Waals surface area contributed by atoms with Crippen molar-refractivity contribution >= 4 is 5.90 Å². The summed E-state index contributed by atoms with van der Waals surface area (Å²) in [6, 6.07) is 9.11. The van der Waals surface area contributed by atoms with Crippen molar-refractivity contribution in [2.45, 2.75) is 25.8 Å². The minimum absolute atomic E-state index is 0.139. The maximum absolute atomic E-state index is 14.0. The molecule has 2 aromatic carbocycles. The maximum atomic E-state index is 14.0. The first kappa shape index (κ1) is 19.7. The zero-order valence-corrected chi connectivity index (χ0v) is 15.3. The third kappa shape index (κ3) is 4.67. The van der Waals surface area contributed by atoms with E-state index in [0.29, 0.717) is 17.0 Å². The molecule has 1 aromatic heterocycles. The SMILES string of the molecule is Cc1nnc(-c2cc(F)cc(OC3=NO[C@@H](c4ccc(OC(F)(F)F)cc4)C3)c2)o1. The zero-order valence-electron chi connectivity index (χ0n) is 15.3. The molecule has 11 heteroatoms. The second kappa shape index (κ2) is 7.65. The number of aromatic nitrogens is 2. The summed E-state index contributed by atoms with van der Waals surface area (Å²) in [6.07, 6.45) is -5.13. The van der Waals surface area contributed by atoms with E-state index in [0.717, 1.165) is 6.07 Å². The Morgan fingerprint density at radius 1 is 1.03 bits per heavy atom. The number of hydrogen-bond donors (Lipinski definition) is 0. The third-order valence-electron chi connectivity index (χ3n) is 4.01. The molecule has 2 heterocycles. The second-order valence-electron chi connectivity index (χ2n) is 6.30. The van der Waals surface area contributed by atoms with E-state index in [4.69, 9.17) is 14.0 Å². The van der Waals surface area contributed by atoms with Gasteiger partial charge in [-0.1, -0.05) is 17.3 Å². The molecule has 0 unspecified atom stereocenters. The Hall–Kier alpha value is -3.63. The topological polar surface area (TPSA) is 79.0 Å².